The minimum atomic E-state index is -0.339. The topological polar surface area (TPSA) is 52.8 Å². The van der Waals surface area contributed by atoms with Crippen molar-refractivity contribution in [1.82, 2.24) is 9.38 Å². The molecule has 2 aromatic heterocycles. The summed E-state index contributed by atoms with van der Waals surface area (Å²) in [6.45, 7) is 0.700. The van der Waals surface area contributed by atoms with Crippen LogP contribution in [0.5, 0.6) is 0 Å². The summed E-state index contributed by atoms with van der Waals surface area (Å²) in [5, 5.41) is 0. The van der Waals surface area contributed by atoms with Crippen molar-refractivity contribution in [2.45, 2.75) is 12.8 Å². The number of aromatic nitrogens is 2. The molecule has 5 nitrogen and oxygen atoms in total. The van der Waals surface area contributed by atoms with Crippen LogP contribution in [0.1, 0.15) is 22.6 Å². The fraction of sp³-hybridized carbons (Fsp3) is 0.385. The van der Waals surface area contributed by atoms with Crippen LogP contribution in [-0.2, 0) is 15.9 Å². The van der Waals surface area contributed by atoms with Crippen LogP contribution in [-0.4, -0.2) is 36.2 Å². The van der Waals surface area contributed by atoms with E-state index >= 15 is 0 Å². The fourth-order valence-corrected chi connectivity index (χ4v) is 1.84. The summed E-state index contributed by atoms with van der Waals surface area (Å²) in [5.74, 6) is 0.584. The molecule has 2 aromatic rings. The molecule has 0 amide bonds. The zero-order valence-corrected chi connectivity index (χ0v) is 10.5. The van der Waals surface area contributed by atoms with Crippen molar-refractivity contribution in [2.75, 3.05) is 20.8 Å². The molecule has 96 valence electrons. The van der Waals surface area contributed by atoms with Gasteiger partial charge in [-0.3, -0.25) is 0 Å². The monoisotopic (exact) mass is 248 g/mol. The number of rotatable bonds is 5. The Hall–Kier alpha value is -1.88. The highest BCUT2D eigenvalue weighted by atomic mass is 16.5. The van der Waals surface area contributed by atoms with Crippen LogP contribution in [0.2, 0.25) is 0 Å². The summed E-state index contributed by atoms with van der Waals surface area (Å²) >= 11 is 0. The van der Waals surface area contributed by atoms with Gasteiger partial charge in [0.2, 0.25) is 0 Å². The van der Waals surface area contributed by atoms with Crippen molar-refractivity contribution in [2.24, 2.45) is 0 Å². The number of ether oxygens (including phenoxy) is 2. The second-order valence-corrected chi connectivity index (χ2v) is 3.98. The molecule has 0 radical (unpaired) electrons. The number of carbonyl (C=O) groups is 1. The Morgan fingerprint density at radius 2 is 2.22 bits per heavy atom. The highest BCUT2D eigenvalue weighted by molar-refractivity contribution is 5.89. The van der Waals surface area contributed by atoms with Gasteiger partial charge < -0.3 is 13.9 Å². The number of esters is 1. The molecule has 0 bridgehead atoms. The number of methoxy groups -OCH3 is 2. The number of pyridine rings is 1. The van der Waals surface area contributed by atoms with Crippen molar-refractivity contribution in [1.29, 1.82) is 0 Å². The summed E-state index contributed by atoms with van der Waals surface area (Å²) < 4.78 is 11.6. The molecule has 2 heterocycles. The maximum Gasteiger partial charge on any atom is 0.339 e. The number of imidazole rings is 1. The molecular weight excluding hydrogens is 232 g/mol. The Balaban J connectivity index is 2.28. The first-order chi connectivity index (χ1) is 8.76. The molecule has 2 rings (SSSR count). The molecule has 0 saturated carbocycles. The zero-order valence-electron chi connectivity index (χ0n) is 10.5. The third-order valence-electron chi connectivity index (χ3n) is 2.77. The minimum Gasteiger partial charge on any atom is -0.465 e. The van der Waals surface area contributed by atoms with Crippen LogP contribution in [0.4, 0.5) is 0 Å². The van der Waals surface area contributed by atoms with Crippen molar-refractivity contribution in [3.05, 3.63) is 35.9 Å². The van der Waals surface area contributed by atoms with E-state index in [4.69, 9.17) is 9.47 Å². The van der Waals surface area contributed by atoms with E-state index in [1.54, 1.807) is 25.6 Å². The maximum atomic E-state index is 11.5. The quantitative estimate of drug-likeness (QED) is 0.597. The summed E-state index contributed by atoms with van der Waals surface area (Å²) in [4.78, 5) is 15.8. The van der Waals surface area contributed by atoms with E-state index in [1.807, 2.05) is 10.5 Å². The van der Waals surface area contributed by atoms with Crippen LogP contribution < -0.4 is 0 Å². The molecule has 0 atom stereocenters. The summed E-state index contributed by atoms with van der Waals surface area (Å²) in [6.07, 6.45) is 5.27. The number of hydrogen-bond donors (Lipinski definition) is 0. The Labute approximate surface area is 105 Å². The van der Waals surface area contributed by atoms with Gasteiger partial charge in [0.15, 0.2) is 0 Å². The van der Waals surface area contributed by atoms with Gasteiger partial charge in [-0.2, -0.15) is 0 Å². The molecule has 0 aliphatic heterocycles. The number of carbonyl (C=O) groups excluding carboxylic acids is 1. The van der Waals surface area contributed by atoms with Crippen LogP contribution in [0, 0.1) is 0 Å². The van der Waals surface area contributed by atoms with E-state index in [2.05, 4.69) is 4.98 Å². The van der Waals surface area contributed by atoms with Gasteiger partial charge in [0.25, 0.3) is 0 Å². The fourth-order valence-electron chi connectivity index (χ4n) is 1.84. The normalized spacial score (nSPS) is 10.8. The van der Waals surface area contributed by atoms with Crippen LogP contribution >= 0.6 is 0 Å². The summed E-state index contributed by atoms with van der Waals surface area (Å²) in [6, 6.07) is 3.60. The molecule has 0 N–H and O–H groups in total. The lowest BCUT2D eigenvalue weighted by atomic mass is 10.2. The van der Waals surface area contributed by atoms with Gasteiger partial charge in [-0.25, -0.2) is 9.78 Å². The first-order valence-electron chi connectivity index (χ1n) is 5.79. The Bertz CT molecular complexity index is 548. The number of fused-ring (bicyclic) bond motifs is 1. The van der Waals surface area contributed by atoms with Gasteiger partial charge in [0.05, 0.1) is 24.4 Å². The third kappa shape index (κ3) is 2.51. The number of hydrogen-bond acceptors (Lipinski definition) is 4. The van der Waals surface area contributed by atoms with Gasteiger partial charge in [-0.15, -0.1) is 0 Å². The minimum absolute atomic E-state index is 0.339. The van der Waals surface area contributed by atoms with Crippen molar-refractivity contribution in [3.8, 4) is 0 Å². The van der Waals surface area contributed by atoms with Gasteiger partial charge >= 0.3 is 5.97 Å². The highest BCUT2D eigenvalue weighted by Gasteiger charge is 2.09. The van der Waals surface area contributed by atoms with E-state index in [0.29, 0.717) is 12.2 Å². The zero-order chi connectivity index (χ0) is 13.0. The lowest BCUT2D eigenvalue weighted by molar-refractivity contribution is 0.0600. The van der Waals surface area contributed by atoms with Crippen LogP contribution in [0.25, 0.3) is 5.52 Å². The molecule has 0 unspecified atom stereocenters. The van der Waals surface area contributed by atoms with E-state index in [-0.39, 0.29) is 5.97 Å². The molecule has 0 aliphatic carbocycles. The van der Waals surface area contributed by atoms with Crippen LogP contribution in [0.15, 0.2) is 24.5 Å². The number of aryl methyl sites for hydroxylation is 1. The summed E-state index contributed by atoms with van der Waals surface area (Å²) in [5.41, 5.74) is 1.49. The van der Waals surface area contributed by atoms with Gasteiger partial charge in [-0.05, 0) is 18.6 Å². The first kappa shape index (κ1) is 12.6. The lowest BCUT2D eigenvalue weighted by Crippen LogP contribution is -2.04. The van der Waals surface area contributed by atoms with Gasteiger partial charge in [0, 0.05) is 26.3 Å². The summed E-state index contributed by atoms with van der Waals surface area (Å²) in [7, 11) is 3.05. The van der Waals surface area contributed by atoms with Crippen LogP contribution in [0.3, 0.4) is 0 Å². The van der Waals surface area contributed by atoms with Crippen molar-refractivity contribution < 1.29 is 14.3 Å². The van der Waals surface area contributed by atoms with Gasteiger partial charge in [-0.1, -0.05) is 0 Å². The van der Waals surface area contributed by atoms with E-state index in [0.717, 1.165) is 24.2 Å². The molecule has 18 heavy (non-hydrogen) atoms. The smallest absolute Gasteiger partial charge is 0.339 e. The second kappa shape index (κ2) is 5.64. The molecular formula is C13H16N2O3. The molecule has 0 spiro atoms. The molecule has 0 fully saturated rings. The molecule has 0 aromatic carbocycles. The lowest BCUT2D eigenvalue weighted by Gasteiger charge is -2.04. The second-order valence-electron chi connectivity index (χ2n) is 3.98. The molecule has 0 aliphatic rings. The van der Waals surface area contributed by atoms with Crippen molar-refractivity contribution >= 4 is 11.5 Å². The Kier molecular flexibility index (Phi) is 3.94. The van der Waals surface area contributed by atoms with Gasteiger partial charge in [0.1, 0.15) is 5.82 Å². The predicted molar refractivity (Wildman–Crippen MR) is 66.7 cm³/mol. The number of nitrogens with zero attached hydrogens (tertiary/aromatic N) is 2. The molecule has 5 heteroatoms. The predicted octanol–water partition coefficient (Wildman–Crippen LogP) is 1.70. The van der Waals surface area contributed by atoms with E-state index in [9.17, 15) is 4.79 Å². The average Bonchev–Trinajstić information content (AvgIpc) is 2.81. The Morgan fingerprint density at radius 3 is 2.94 bits per heavy atom. The largest absolute Gasteiger partial charge is 0.465 e. The third-order valence-corrected chi connectivity index (χ3v) is 2.77. The van der Waals surface area contributed by atoms with E-state index < -0.39 is 0 Å². The van der Waals surface area contributed by atoms with Crippen molar-refractivity contribution in [3.63, 3.8) is 0 Å². The van der Waals surface area contributed by atoms with E-state index in [1.165, 1.54) is 7.11 Å². The standard InChI is InChI=1S/C13H16N2O3/c1-17-7-3-4-12-14-8-11-6-5-10(9-15(11)12)13(16)18-2/h5-6,8-9H,3-4,7H2,1-2H3. The average molecular weight is 248 g/mol. The SMILES string of the molecule is COCCCc1ncc2ccc(C(=O)OC)cn12. The Morgan fingerprint density at radius 1 is 1.39 bits per heavy atom. The first-order valence-corrected chi connectivity index (χ1v) is 5.79. The highest BCUT2D eigenvalue weighted by Crippen LogP contribution is 2.11. The maximum absolute atomic E-state index is 11.5. The molecule has 0 saturated heterocycles.